The number of hydrogen-bond acceptors (Lipinski definition) is 5. The molecular weight excluding hydrogens is 342 g/mol. The number of hydrogen-bond donors (Lipinski definition) is 2. The lowest BCUT2D eigenvalue weighted by molar-refractivity contribution is -0.117. The van der Waals surface area contributed by atoms with E-state index in [2.05, 4.69) is 10.4 Å². The topological polar surface area (TPSA) is 66.6 Å². The highest BCUT2D eigenvalue weighted by Gasteiger charge is 2.16. The van der Waals surface area contributed by atoms with Gasteiger partial charge in [0.05, 0.1) is 10.6 Å². The molecule has 0 fully saturated rings. The van der Waals surface area contributed by atoms with E-state index in [1.165, 1.54) is 16.0 Å². The number of allylic oxidation sites excluding steroid dienone is 1. The number of rotatable bonds is 5. The molecule has 0 bridgehead atoms. The molecular formula is C17H17N3O2S2. The van der Waals surface area contributed by atoms with Gasteiger partial charge in [-0.3, -0.25) is 15.2 Å². The van der Waals surface area contributed by atoms with Crippen molar-refractivity contribution in [2.75, 3.05) is 5.43 Å². The molecule has 0 unspecified atom stereocenters. The molecule has 1 aliphatic heterocycles. The second kappa shape index (κ2) is 7.11. The van der Waals surface area contributed by atoms with Crippen LogP contribution in [-0.4, -0.2) is 21.9 Å². The molecule has 7 heteroatoms. The normalized spacial score (nSPS) is 14.1. The number of thiazole rings is 1. The third-order valence-electron chi connectivity index (χ3n) is 3.65. The standard InChI is InChI=1S/C17H17N3O2S2/c1-2-3-8-15(21)19-20-16(22)14(24-17(20)23)9-11-10-18-13-7-5-4-6-12(11)13/h4-7,9-10,22H,2-3,8H2,1H3,(H,19,21). The van der Waals surface area contributed by atoms with E-state index < -0.39 is 0 Å². The third-order valence-corrected chi connectivity index (χ3v) is 4.96. The van der Waals surface area contributed by atoms with Gasteiger partial charge in [-0.05, 0) is 30.8 Å². The fraction of sp³-hybridized carbons (Fsp3) is 0.235. The summed E-state index contributed by atoms with van der Waals surface area (Å²) < 4.78 is 1.66. The number of nitrogens with one attached hydrogen (secondary N) is 1. The van der Waals surface area contributed by atoms with Gasteiger partial charge in [0.2, 0.25) is 11.8 Å². The second-order valence-electron chi connectivity index (χ2n) is 5.40. The number of aromatic hydroxyl groups is 1. The first-order valence-corrected chi connectivity index (χ1v) is 8.92. The first-order chi connectivity index (χ1) is 11.6. The van der Waals surface area contributed by atoms with E-state index in [9.17, 15) is 9.90 Å². The van der Waals surface area contributed by atoms with E-state index in [1.54, 1.807) is 6.21 Å². The van der Waals surface area contributed by atoms with Crippen molar-refractivity contribution in [2.24, 2.45) is 4.99 Å². The van der Waals surface area contributed by atoms with Gasteiger partial charge < -0.3 is 5.11 Å². The van der Waals surface area contributed by atoms with E-state index in [4.69, 9.17) is 12.2 Å². The lowest BCUT2D eigenvalue weighted by Gasteiger charge is -2.06. The Bertz CT molecular complexity index is 893. The van der Waals surface area contributed by atoms with Crippen LogP contribution in [0.3, 0.4) is 0 Å². The number of carbonyl (C=O) groups excluding carboxylic acids is 1. The van der Waals surface area contributed by atoms with Gasteiger partial charge >= 0.3 is 0 Å². The van der Waals surface area contributed by atoms with E-state index in [0.717, 1.165) is 29.7 Å². The zero-order chi connectivity index (χ0) is 17.1. The Morgan fingerprint density at radius 3 is 3.04 bits per heavy atom. The summed E-state index contributed by atoms with van der Waals surface area (Å²) in [6.07, 6.45) is 5.74. The van der Waals surface area contributed by atoms with Crippen LogP contribution in [0.2, 0.25) is 0 Å². The van der Waals surface area contributed by atoms with Crippen molar-refractivity contribution in [3.8, 4) is 5.88 Å². The molecule has 1 aromatic carbocycles. The minimum atomic E-state index is -0.159. The number of aliphatic imine (C=N–C) groups is 1. The van der Waals surface area contributed by atoms with Gasteiger partial charge in [0.25, 0.3) is 0 Å². The summed E-state index contributed by atoms with van der Waals surface area (Å²) in [7, 11) is 0. The summed E-state index contributed by atoms with van der Waals surface area (Å²) >= 11 is 6.50. The van der Waals surface area contributed by atoms with Crippen LogP contribution >= 0.6 is 23.6 Å². The maximum atomic E-state index is 11.9. The van der Waals surface area contributed by atoms with Gasteiger partial charge in [-0.2, -0.15) is 4.68 Å². The average molecular weight is 359 g/mol. The van der Waals surface area contributed by atoms with Gasteiger partial charge in [0.15, 0.2) is 3.95 Å². The van der Waals surface area contributed by atoms with Crippen LogP contribution in [0.25, 0.3) is 11.6 Å². The minimum absolute atomic E-state index is 0.0554. The van der Waals surface area contributed by atoms with Crippen LogP contribution in [0.5, 0.6) is 5.88 Å². The van der Waals surface area contributed by atoms with Gasteiger partial charge in [-0.1, -0.05) is 42.9 Å². The second-order valence-corrected chi connectivity index (χ2v) is 7.08. The summed E-state index contributed by atoms with van der Waals surface area (Å²) in [6.45, 7) is 2.02. The van der Waals surface area contributed by atoms with Crippen molar-refractivity contribution in [1.82, 2.24) is 4.68 Å². The van der Waals surface area contributed by atoms with Gasteiger partial charge in [0, 0.05) is 23.8 Å². The summed E-state index contributed by atoms with van der Waals surface area (Å²) in [4.78, 5) is 16.8. The van der Waals surface area contributed by atoms with Crippen molar-refractivity contribution >= 4 is 53.0 Å². The van der Waals surface area contributed by atoms with E-state index in [0.29, 0.717) is 15.3 Å². The Morgan fingerprint density at radius 1 is 1.46 bits per heavy atom. The molecule has 0 saturated heterocycles. The highest BCUT2D eigenvalue weighted by Crippen LogP contribution is 2.35. The van der Waals surface area contributed by atoms with Crippen LogP contribution in [0, 0.1) is 3.95 Å². The molecule has 1 aromatic heterocycles. The lowest BCUT2D eigenvalue weighted by atomic mass is 10.1. The van der Waals surface area contributed by atoms with Crippen LogP contribution in [-0.2, 0) is 4.79 Å². The first-order valence-electron chi connectivity index (χ1n) is 7.70. The molecule has 0 aliphatic carbocycles. The number of carbonyl (C=O) groups is 1. The number of benzene rings is 1. The molecule has 1 amide bonds. The molecule has 0 spiro atoms. The average Bonchev–Trinajstić information content (AvgIpc) is 3.10. The van der Waals surface area contributed by atoms with E-state index in [-0.39, 0.29) is 11.8 Å². The first kappa shape index (κ1) is 16.6. The van der Waals surface area contributed by atoms with E-state index in [1.807, 2.05) is 37.3 Å². The maximum absolute atomic E-state index is 11.9. The fourth-order valence-corrected chi connectivity index (χ4v) is 3.57. The molecule has 1 aliphatic rings. The van der Waals surface area contributed by atoms with E-state index >= 15 is 0 Å². The third kappa shape index (κ3) is 3.32. The van der Waals surface area contributed by atoms with Crippen LogP contribution in [0.1, 0.15) is 36.6 Å². The van der Waals surface area contributed by atoms with Crippen molar-refractivity contribution in [1.29, 1.82) is 0 Å². The van der Waals surface area contributed by atoms with Crippen molar-refractivity contribution in [3.05, 3.63) is 38.7 Å². The molecule has 2 N–H and O–H groups in total. The zero-order valence-electron chi connectivity index (χ0n) is 13.2. The number of aromatic nitrogens is 1. The molecule has 0 saturated carbocycles. The Labute approximate surface area is 149 Å². The van der Waals surface area contributed by atoms with Crippen molar-refractivity contribution in [3.63, 3.8) is 0 Å². The van der Waals surface area contributed by atoms with Gasteiger partial charge in [-0.25, -0.2) is 0 Å². The Morgan fingerprint density at radius 2 is 2.25 bits per heavy atom. The summed E-state index contributed by atoms with van der Waals surface area (Å²) in [5, 5.41) is 10.4. The predicted molar refractivity (Wildman–Crippen MR) is 101 cm³/mol. The largest absolute Gasteiger partial charge is 0.492 e. The number of nitrogens with zero attached hydrogens (tertiary/aromatic N) is 2. The Hall–Kier alpha value is -2.25. The SMILES string of the molecule is CCCCC(=O)Nn1c(O)c(C=C2C=Nc3ccccc32)sc1=S. The molecule has 0 radical (unpaired) electrons. The predicted octanol–water partition coefficient (Wildman–Crippen LogP) is 4.50. The Balaban J connectivity index is 1.88. The number of amides is 1. The molecule has 3 rings (SSSR count). The molecule has 124 valence electrons. The zero-order valence-corrected chi connectivity index (χ0v) is 14.8. The summed E-state index contributed by atoms with van der Waals surface area (Å²) in [5.41, 5.74) is 5.46. The fourth-order valence-electron chi connectivity index (χ4n) is 2.39. The monoisotopic (exact) mass is 359 g/mol. The van der Waals surface area contributed by atoms with Gasteiger partial charge in [-0.15, -0.1) is 0 Å². The summed E-state index contributed by atoms with van der Waals surface area (Å²) in [6, 6.07) is 7.80. The quantitative estimate of drug-likeness (QED) is 0.772. The van der Waals surface area contributed by atoms with Crippen LogP contribution in [0.15, 0.2) is 29.3 Å². The molecule has 2 aromatic rings. The molecule has 5 nitrogen and oxygen atoms in total. The summed E-state index contributed by atoms with van der Waals surface area (Å²) in [5.74, 6) is -0.215. The number of fused-ring (bicyclic) bond motifs is 1. The minimum Gasteiger partial charge on any atom is -0.492 e. The van der Waals surface area contributed by atoms with Crippen LogP contribution < -0.4 is 5.43 Å². The highest BCUT2D eigenvalue weighted by molar-refractivity contribution is 7.73. The van der Waals surface area contributed by atoms with Crippen LogP contribution in [0.4, 0.5) is 5.69 Å². The Kier molecular flexibility index (Phi) is 4.92. The number of unbranched alkanes of at least 4 members (excludes halogenated alkanes) is 1. The maximum Gasteiger partial charge on any atom is 0.238 e. The molecule has 0 atom stereocenters. The van der Waals surface area contributed by atoms with Crippen molar-refractivity contribution < 1.29 is 9.90 Å². The highest BCUT2D eigenvalue weighted by atomic mass is 32.1. The van der Waals surface area contributed by atoms with Gasteiger partial charge in [0.1, 0.15) is 0 Å². The molecule has 2 heterocycles. The lowest BCUT2D eigenvalue weighted by Crippen LogP contribution is -2.22. The van der Waals surface area contributed by atoms with Crippen molar-refractivity contribution in [2.45, 2.75) is 26.2 Å². The molecule has 24 heavy (non-hydrogen) atoms. The smallest absolute Gasteiger partial charge is 0.238 e. The number of para-hydroxylation sites is 1.